The van der Waals surface area contributed by atoms with Crippen molar-refractivity contribution >= 4 is 5.69 Å². The Morgan fingerprint density at radius 2 is 2.21 bits per heavy atom. The number of allylic oxidation sites excluding steroid dienone is 1. The van der Waals surface area contributed by atoms with Gasteiger partial charge in [-0.15, -0.1) is 0 Å². The van der Waals surface area contributed by atoms with Crippen molar-refractivity contribution in [2.75, 3.05) is 5.73 Å². The molecule has 0 heterocycles. The summed E-state index contributed by atoms with van der Waals surface area (Å²) in [5.74, 6) is 1.31. The highest BCUT2D eigenvalue weighted by atomic mass is 14.6. The first-order valence-corrected chi connectivity index (χ1v) is 5.35. The first-order chi connectivity index (χ1) is 6.79. The number of hydrogen-bond acceptors (Lipinski definition) is 1. The molecule has 1 saturated carbocycles. The third-order valence-electron chi connectivity index (χ3n) is 3.74. The number of hydrogen-bond donors (Lipinski definition) is 1. The van der Waals surface area contributed by atoms with Crippen molar-refractivity contribution in [3.63, 3.8) is 0 Å². The van der Waals surface area contributed by atoms with Crippen LogP contribution in [0.25, 0.3) is 0 Å². The Morgan fingerprint density at radius 1 is 1.36 bits per heavy atom. The molecule has 2 N–H and O–H groups in total. The fourth-order valence-electron chi connectivity index (χ4n) is 3.08. The van der Waals surface area contributed by atoms with Gasteiger partial charge in [-0.25, -0.2) is 0 Å². The van der Waals surface area contributed by atoms with Crippen molar-refractivity contribution in [2.45, 2.75) is 31.1 Å². The summed E-state index contributed by atoms with van der Waals surface area (Å²) in [6.45, 7) is 4.18. The van der Waals surface area contributed by atoms with Crippen molar-refractivity contribution < 1.29 is 0 Å². The van der Waals surface area contributed by atoms with Crippen LogP contribution in [0.15, 0.2) is 30.4 Å². The van der Waals surface area contributed by atoms with Crippen LogP contribution in [0.1, 0.15) is 42.2 Å². The molecule has 0 aliphatic heterocycles. The fraction of sp³-hybridized carbons (Fsp3) is 0.385. The summed E-state index contributed by atoms with van der Waals surface area (Å²) in [5.41, 5.74) is 11.2. The molecule has 0 radical (unpaired) electrons. The largest absolute Gasteiger partial charge is 0.398 e. The molecule has 0 bridgehead atoms. The molecule has 14 heavy (non-hydrogen) atoms. The molecule has 1 nitrogen and oxygen atoms in total. The molecule has 0 amide bonds. The van der Waals surface area contributed by atoms with Crippen LogP contribution in [0.2, 0.25) is 0 Å². The lowest BCUT2D eigenvalue weighted by Crippen LogP contribution is -2.29. The zero-order chi connectivity index (χ0) is 9.71. The van der Waals surface area contributed by atoms with Crippen LogP contribution in [-0.4, -0.2) is 0 Å². The third-order valence-corrected chi connectivity index (χ3v) is 3.74. The van der Waals surface area contributed by atoms with Gasteiger partial charge in [-0.05, 0) is 42.4 Å². The Labute approximate surface area is 84.6 Å². The van der Waals surface area contributed by atoms with Gasteiger partial charge in [-0.3, -0.25) is 0 Å². The topological polar surface area (TPSA) is 26.0 Å². The predicted molar refractivity (Wildman–Crippen MR) is 59.3 cm³/mol. The second kappa shape index (κ2) is 2.63. The summed E-state index contributed by atoms with van der Waals surface area (Å²) in [4.78, 5) is 0. The first-order valence-electron chi connectivity index (χ1n) is 5.35. The van der Waals surface area contributed by atoms with Gasteiger partial charge in [-0.2, -0.15) is 0 Å². The summed E-state index contributed by atoms with van der Waals surface area (Å²) in [7, 11) is 0. The van der Waals surface area contributed by atoms with Crippen LogP contribution in [0.4, 0.5) is 5.69 Å². The molecular weight excluding hydrogens is 170 g/mol. The van der Waals surface area contributed by atoms with E-state index in [1.165, 1.54) is 36.0 Å². The quantitative estimate of drug-likeness (QED) is 0.487. The Morgan fingerprint density at radius 3 is 3.07 bits per heavy atom. The maximum atomic E-state index is 6.00. The lowest BCUT2D eigenvalue weighted by molar-refractivity contribution is 0.420. The van der Waals surface area contributed by atoms with Crippen LogP contribution >= 0.6 is 0 Å². The Hall–Kier alpha value is -1.24. The van der Waals surface area contributed by atoms with Gasteiger partial charge in [0.05, 0.1) is 0 Å². The molecule has 1 heteroatoms. The standard InChI is InChI=1S/C13H15N/c1-8-4-2-5-9-10-6-3-7-11(14)13(10)12(8)9/h3,6-7,9,12H,1-2,4-5,14H2. The normalized spacial score (nSPS) is 29.0. The number of benzene rings is 1. The van der Waals surface area contributed by atoms with E-state index in [0.29, 0.717) is 5.92 Å². The predicted octanol–water partition coefficient (Wildman–Crippen LogP) is 3.19. The lowest BCUT2D eigenvalue weighted by Gasteiger charge is -2.45. The molecule has 0 spiro atoms. The Kier molecular flexibility index (Phi) is 1.52. The molecule has 1 aromatic rings. The maximum absolute atomic E-state index is 6.00. The van der Waals surface area contributed by atoms with E-state index in [0.717, 1.165) is 11.6 Å². The van der Waals surface area contributed by atoms with Crippen molar-refractivity contribution in [1.29, 1.82) is 0 Å². The second-order valence-corrected chi connectivity index (χ2v) is 4.48. The van der Waals surface area contributed by atoms with E-state index >= 15 is 0 Å². The minimum absolute atomic E-state index is 0.583. The minimum Gasteiger partial charge on any atom is -0.398 e. The summed E-state index contributed by atoms with van der Waals surface area (Å²) in [6, 6.07) is 6.31. The van der Waals surface area contributed by atoms with Gasteiger partial charge in [0.25, 0.3) is 0 Å². The molecule has 2 aliphatic carbocycles. The van der Waals surface area contributed by atoms with E-state index in [1.807, 2.05) is 6.07 Å². The van der Waals surface area contributed by atoms with Gasteiger partial charge in [-0.1, -0.05) is 24.3 Å². The SMILES string of the molecule is C=C1CCCC2c3cccc(N)c3C12. The molecule has 2 atom stereocenters. The molecule has 2 unspecified atom stereocenters. The third kappa shape index (κ3) is 0.848. The zero-order valence-corrected chi connectivity index (χ0v) is 8.29. The Bertz CT molecular complexity index is 406. The van der Waals surface area contributed by atoms with Crippen molar-refractivity contribution in [2.24, 2.45) is 0 Å². The number of nitrogen functional groups attached to an aromatic ring is 1. The second-order valence-electron chi connectivity index (χ2n) is 4.48. The van der Waals surface area contributed by atoms with E-state index < -0.39 is 0 Å². The molecule has 3 rings (SSSR count). The van der Waals surface area contributed by atoms with E-state index in [4.69, 9.17) is 5.73 Å². The fourth-order valence-corrected chi connectivity index (χ4v) is 3.08. The molecular formula is C13H15N. The average Bonchev–Trinajstić information content (AvgIpc) is 2.14. The van der Waals surface area contributed by atoms with Gasteiger partial charge >= 0.3 is 0 Å². The van der Waals surface area contributed by atoms with Crippen molar-refractivity contribution in [3.05, 3.63) is 41.5 Å². The molecule has 72 valence electrons. The Balaban J connectivity index is 2.13. The first kappa shape index (κ1) is 8.10. The van der Waals surface area contributed by atoms with E-state index in [9.17, 15) is 0 Å². The van der Waals surface area contributed by atoms with Crippen molar-refractivity contribution in [3.8, 4) is 0 Å². The average molecular weight is 185 g/mol. The molecule has 0 saturated heterocycles. The van der Waals surface area contributed by atoms with Gasteiger partial charge in [0.1, 0.15) is 0 Å². The van der Waals surface area contributed by atoms with Gasteiger partial charge in [0.15, 0.2) is 0 Å². The van der Waals surface area contributed by atoms with E-state index in [1.54, 1.807) is 0 Å². The molecule has 1 aromatic carbocycles. The number of nitrogens with two attached hydrogens (primary N) is 1. The van der Waals surface area contributed by atoms with Crippen LogP contribution in [-0.2, 0) is 0 Å². The maximum Gasteiger partial charge on any atom is 0.0355 e. The number of rotatable bonds is 0. The number of fused-ring (bicyclic) bond motifs is 4. The summed E-state index contributed by atoms with van der Waals surface area (Å²) in [5, 5.41) is 0. The minimum atomic E-state index is 0.583. The van der Waals surface area contributed by atoms with Gasteiger partial charge in [0.2, 0.25) is 0 Å². The van der Waals surface area contributed by atoms with Gasteiger partial charge < -0.3 is 5.73 Å². The highest BCUT2D eigenvalue weighted by molar-refractivity contribution is 5.63. The summed E-state index contributed by atoms with van der Waals surface area (Å²) < 4.78 is 0. The van der Waals surface area contributed by atoms with Gasteiger partial charge in [0, 0.05) is 11.6 Å². The smallest absolute Gasteiger partial charge is 0.0355 e. The highest BCUT2D eigenvalue weighted by Crippen LogP contribution is 2.58. The van der Waals surface area contributed by atoms with Crippen LogP contribution < -0.4 is 5.73 Å². The highest BCUT2D eigenvalue weighted by Gasteiger charge is 2.41. The zero-order valence-electron chi connectivity index (χ0n) is 8.29. The van der Waals surface area contributed by atoms with Crippen molar-refractivity contribution in [1.82, 2.24) is 0 Å². The van der Waals surface area contributed by atoms with Crippen LogP contribution in [0.3, 0.4) is 0 Å². The lowest BCUT2D eigenvalue weighted by atomic mass is 9.59. The van der Waals surface area contributed by atoms with Crippen LogP contribution in [0, 0.1) is 0 Å². The molecule has 1 fully saturated rings. The summed E-state index contributed by atoms with van der Waals surface area (Å²) in [6.07, 6.45) is 3.81. The van der Waals surface area contributed by atoms with E-state index in [2.05, 4.69) is 18.7 Å². The molecule has 2 aliphatic rings. The monoisotopic (exact) mass is 185 g/mol. The summed E-state index contributed by atoms with van der Waals surface area (Å²) >= 11 is 0. The molecule has 0 aromatic heterocycles. The number of anilines is 1. The van der Waals surface area contributed by atoms with E-state index in [-0.39, 0.29) is 0 Å². The van der Waals surface area contributed by atoms with Crippen LogP contribution in [0.5, 0.6) is 0 Å².